The van der Waals surface area contributed by atoms with Crippen LogP contribution in [0.3, 0.4) is 0 Å². The molecule has 20 heavy (non-hydrogen) atoms. The number of hydrogen-bond donors (Lipinski definition) is 0. The molecule has 0 saturated heterocycles. The van der Waals surface area contributed by atoms with Gasteiger partial charge in [0.15, 0.2) is 0 Å². The standard InChI is InChI=1S/C15H20N4O/c1-11(8-16)9-19-14-6-5-12(20-4)7-13(14)17-15(19)10-18(2)3/h5-7,11H,9-10H2,1-4H3. The van der Waals surface area contributed by atoms with Gasteiger partial charge in [-0.2, -0.15) is 5.26 Å². The minimum absolute atomic E-state index is 0.0459. The van der Waals surface area contributed by atoms with Crippen molar-refractivity contribution in [2.75, 3.05) is 21.2 Å². The molecule has 2 aromatic rings. The van der Waals surface area contributed by atoms with Gasteiger partial charge in [-0.3, -0.25) is 0 Å². The van der Waals surface area contributed by atoms with Gasteiger partial charge in [0.1, 0.15) is 11.6 Å². The van der Waals surface area contributed by atoms with Gasteiger partial charge in [-0.25, -0.2) is 4.98 Å². The second kappa shape index (κ2) is 5.93. The molecule has 2 rings (SSSR count). The Morgan fingerprint density at radius 3 is 2.80 bits per heavy atom. The molecule has 0 radical (unpaired) electrons. The van der Waals surface area contributed by atoms with Crippen molar-refractivity contribution < 1.29 is 4.74 Å². The van der Waals surface area contributed by atoms with Crippen LogP contribution in [0.2, 0.25) is 0 Å². The lowest BCUT2D eigenvalue weighted by atomic mass is 10.2. The average molecular weight is 272 g/mol. The van der Waals surface area contributed by atoms with E-state index in [-0.39, 0.29) is 5.92 Å². The molecule has 0 bridgehead atoms. The number of ether oxygens (including phenoxy) is 1. The second-order valence-electron chi connectivity index (χ2n) is 5.26. The summed E-state index contributed by atoms with van der Waals surface area (Å²) < 4.78 is 7.37. The van der Waals surface area contributed by atoms with Gasteiger partial charge >= 0.3 is 0 Å². The summed E-state index contributed by atoms with van der Waals surface area (Å²) in [4.78, 5) is 6.76. The number of rotatable bonds is 5. The smallest absolute Gasteiger partial charge is 0.124 e. The molecule has 1 aromatic heterocycles. The molecule has 1 atom stereocenters. The molecule has 106 valence electrons. The number of nitriles is 1. The molecule has 0 saturated carbocycles. The number of aromatic nitrogens is 2. The van der Waals surface area contributed by atoms with Gasteiger partial charge in [-0.15, -0.1) is 0 Å². The Balaban J connectivity index is 2.51. The van der Waals surface area contributed by atoms with Crippen LogP contribution in [0.5, 0.6) is 5.75 Å². The van der Waals surface area contributed by atoms with Crippen LogP contribution >= 0.6 is 0 Å². The fraction of sp³-hybridized carbons (Fsp3) is 0.467. The Labute approximate surface area is 119 Å². The van der Waals surface area contributed by atoms with Gasteiger partial charge in [-0.1, -0.05) is 0 Å². The normalized spacial score (nSPS) is 12.6. The van der Waals surface area contributed by atoms with Crippen molar-refractivity contribution >= 4 is 11.0 Å². The maximum Gasteiger partial charge on any atom is 0.124 e. The first kappa shape index (κ1) is 14.4. The zero-order valence-corrected chi connectivity index (χ0v) is 12.4. The largest absolute Gasteiger partial charge is 0.497 e. The topological polar surface area (TPSA) is 54.1 Å². The molecule has 0 aliphatic heterocycles. The molecule has 1 heterocycles. The van der Waals surface area contributed by atoms with Crippen molar-refractivity contribution in [3.05, 3.63) is 24.0 Å². The number of imidazole rings is 1. The van der Waals surface area contributed by atoms with Gasteiger partial charge in [0.2, 0.25) is 0 Å². The summed E-state index contributed by atoms with van der Waals surface area (Å²) in [6.07, 6.45) is 0. The van der Waals surface area contributed by atoms with Gasteiger partial charge in [-0.05, 0) is 33.2 Å². The Kier molecular flexibility index (Phi) is 4.26. The average Bonchev–Trinajstić information content (AvgIpc) is 2.74. The lowest BCUT2D eigenvalue weighted by molar-refractivity contribution is 0.378. The lowest BCUT2D eigenvalue weighted by Crippen LogP contribution is -2.17. The Morgan fingerprint density at radius 2 is 2.20 bits per heavy atom. The van der Waals surface area contributed by atoms with E-state index in [1.807, 2.05) is 39.2 Å². The van der Waals surface area contributed by atoms with Crippen molar-refractivity contribution in [2.24, 2.45) is 5.92 Å². The highest BCUT2D eigenvalue weighted by atomic mass is 16.5. The van der Waals surface area contributed by atoms with E-state index in [0.29, 0.717) is 6.54 Å². The van der Waals surface area contributed by atoms with E-state index in [1.54, 1.807) is 7.11 Å². The van der Waals surface area contributed by atoms with Crippen LogP contribution < -0.4 is 4.74 Å². The number of hydrogen-bond acceptors (Lipinski definition) is 4. The highest BCUT2D eigenvalue weighted by Crippen LogP contribution is 2.23. The molecule has 0 spiro atoms. The third-order valence-corrected chi connectivity index (χ3v) is 3.17. The Bertz CT molecular complexity index is 639. The maximum absolute atomic E-state index is 9.05. The SMILES string of the molecule is COc1ccc2c(c1)nc(CN(C)C)n2CC(C)C#N. The van der Waals surface area contributed by atoms with Crippen LogP contribution in [0.1, 0.15) is 12.7 Å². The van der Waals surface area contributed by atoms with Crippen LogP contribution in [0.25, 0.3) is 11.0 Å². The zero-order chi connectivity index (χ0) is 14.7. The molecule has 0 N–H and O–H groups in total. The first-order valence-electron chi connectivity index (χ1n) is 6.62. The molecule has 5 nitrogen and oxygen atoms in total. The zero-order valence-electron chi connectivity index (χ0n) is 12.4. The van der Waals surface area contributed by atoms with Crippen LogP contribution in [0.15, 0.2) is 18.2 Å². The van der Waals surface area contributed by atoms with E-state index < -0.39 is 0 Å². The van der Waals surface area contributed by atoms with E-state index in [1.165, 1.54) is 0 Å². The van der Waals surface area contributed by atoms with Crippen molar-refractivity contribution in [3.63, 3.8) is 0 Å². The highest BCUT2D eigenvalue weighted by Gasteiger charge is 2.14. The molecule has 1 aromatic carbocycles. The van der Waals surface area contributed by atoms with Crippen LogP contribution in [-0.4, -0.2) is 35.7 Å². The van der Waals surface area contributed by atoms with Gasteiger partial charge in [0.25, 0.3) is 0 Å². The van der Waals surface area contributed by atoms with E-state index >= 15 is 0 Å². The van der Waals surface area contributed by atoms with Crippen LogP contribution in [0, 0.1) is 17.2 Å². The predicted octanol–water partition coefficient (Wildman–Crippen LogP) is 2.27. The molecule has 0 aliphatic rings. The van der Waals surface area contributed by atoms with Crippen molar-refractivity contribution in [1.29, 1.82) is 5.26 Å². The van der Waals surface area contributed by atoms with Crippen LogP contribution in [0.4, 0.5) is 0 Å². The minimum Gasteiger partial charge on any atom is -0.497 e. The molecule has 0 amide bonds. The predicted molar refractivity (Wildman–Crippen MR) is 78.5 cm³/mol. The summed E-state index contributed by atoms with van der Waals surface area (Å²) in [5.41, 5.74) is 1.95. The highest BCUT2D eigenvalue weighted by molar-refractivity contribution is 5.77. The number of nitrogens with zero attached hydrogens (tertiary/aromatic N) is 4. The summed E-state index contributed by atoms with van der Waals surface area (Å²) in [6, 6.07) is 8.15. The minimum atomic E-state index is -0.0459. The van der Waals surface area contributed by atoms with Gasteiger partial charge in [0, 0.05) is 12.6 Å². The van der Waals surface area contributed by atoms with Crippen LogP contribution in [-0.2, 0) is 13.1 Å². The molecule has 0 fully saturated rings. The number of methoxy groups -OCH3 is 1. The maximum atomic E-state index is 9.05. The number of fused-ring (bicyclic) bond motifs is 1. The first-order chi connectivity index (χ1) is 9.55. The lowest BCUT2D eigenvalue weighted by Gasteiger charge is -2.13. The monoisotopic (exact) mass is 272 g/mol. The molecule has 0 aliphatic carbocycles. The summed E-state index contributed by atoms with van der Waals surface area (Å²) >= 11 is 0. The number of benzene rings is 1. The van der Waals surface area contributed by atoms with Gasteiger partial charge in [0.05, 0.1) is 36.7 Å². The summed E-state index contributed by atoms with van der Waals surface area (Å²) in [7, 11) is 5.67. The fourth-order valence-electron chi connectivity index (χ4n) is 2.21. The third-order valence-electron chi connectivity index (χ3n) is 3.17. The Hall–Kier alpha value is -2.06. The van der Waals surface area contributed by atoms with Crippen molar-refractivity contribution in [1.82, 2.24) is 14.5 Å². The summed E-state index contributed by atoms with van der Waals surface area (Å²) in [5, 5.41) is 9.05. The first-order valence-corrected chi connectivity index (χ1v) is 6.62. The van der Waals surface area contributed by atoms with Gasteiger partial charge < -0.3 is 14.2 Å². The van der Waals surface area contributed by atoms with E-state index in [9.17, 15) is 0 Å². The van der Waals surface area contributed by atoms with E-state index in [4.69, 9.17) is 10.00 Å². The summed E-state index contributed by atoms with van der Waals surface area (Å²) in [6.45, 7) is 3.33. The Morgan fingerprint density at radius 1 is 1.45 bits per heavy atom. The molecule has 5 heteroatoms. The van der Waals surface area contributed by atoms with Crippen molar-refractivity contribution in [3.8, 4) is 11.8 Å². The third kappa shape index (κ3) is 2.91. The van der Waals surface area contributed by atoms with E-state index in [0.717, 1.165) is 29.2 Å². The molecule has 1 unspecified atom stereocenters. The second-order valence-corrected chi connectivity index (χ2v) is 5.26. The van der Waals surface area contributed by atoms with E-state index in [2.05, 4.69) is 20.5 Å². The fourth-order valence-corrected chi connectivity index (χ4v) is 2.21. The quantitative estimate of drug-likeness (QED) is 0.838. The summed E-state index contributed by atoms with van der Waals surface area (Å²) in [5.74, 6) is 1.72. The van der Waals surface area contributed by atoms with Crippen molar-refractivity contribution in [2.45, 2.75) is 20.0 Å². The molecular weight excluding hydrogens is 252 g/mol. The molecular formula is C15H20N4O.